The molecule has 0 bridgehead atoms. The Morgan fingerprint density at radius 1 is 1.30 bits per heavy atom. The van der Waals surface area contributed by atoms with Crippen LogP contribution in [0.4, 0.5) is 5.69 Å². The Morgan fingerprint density at radius 3 is 2.65 bits per heavy atom. The van der Waals surface area contributed by atoms with Crippen molar-refractivity contribution in [2.75, 3.05) is 19.8 Å². The van der Waals surface area contributed by atoms with Crippen molar-refractivity contribution in [1.82, 2.24) is 9.88 Å². The molecule has 6 heteroatoms. The molecular formula is C14H14ClN3OS. The second-order valence-corrected chi connectivity index (χ2v) is 5.87. The normalized spacial score (nSPS) is 10.3. The minimum Gasteiger partial charge on any atom is -0.398 e. The van der Waals surface area contributed by atoms with Crippen LogP contribution in [0.5, 0.6) is 0 Å². The molecule has 0 aliphatic rings. The second kappa shape index (κ2) is 6.15. The fraction of sp³-hybridized carbons (Fsp3) is 0.143. The average molecular weight is 308 g/mol. The number of nitrogens with zero attached hydrogens (tertiary/aromatic N) is 2. The summed E-state index contributed by atoms with van der Waals surface area (Å²) in [4.78, 5) is 18.5. The van der Waals surface area contributed by atoms with E-state index in [1.54, 1.807) is 44.6 Å². The third-order valence-electron chi connectivity index (χ3n) is 2.58. The lowest BCUT2D eigenvalue weighted by Crippen LogP contribution is -2.21. The SMILES string of the molecule is CN(C)C(=O)c1ccc(N)c(Sc2ccc(Cl)cn2)c1. The van der Waals surface area contributed by atoms with E-state index in [1.165, 1.54) is 16.7 Å². The Labute approximate surface area is 126 Å². The number of benzene rings is 1. The summed E-state index contributed by atoms with van der Waals surface area (Å²) in [5, 5.41) is 1.36. The van der Waals surface area contributed by atoms with E-state index in [0.29, 0.717) is 16.3 Å². The maximum absolute atomic E-state index is 11.9. The number of halogens is 1. The molecule has 2 aromatic rings. The summed E-state index contributed by atoms with van der Waals surface area (Å²) in [6.45, 7) is 0. The molecule has 104 valence electrons. The number of pyridine rings is 1. The van der Waals surface area contributed by atoms with Gasteiger partial charge in [0.2, 0.25) is 0 Å². The van der Waals surface area contributed by atoms with Crippen LogP contribution in [0.2, 0.25) is 5.02 Å². The van der Waals surface area contributed by atoms with Gasteiger partial charge >= 0.3 is 0 Å². The molecule has 0 unspecified atom stereocenters. The maximum Gasteiger partial charge on any atom is 0.253 e. The van der Waals surface area contributed by atoms with E-state index in [-0.39, 0.29) is 5.91 Å². The number of nitrogens with two attached hydrogens (primary N) is 1. The first kappa shape index (κ1) is 14.7. The molecule has 0 atom stereocenters. The highest BCUT2D eigenvalue weighted by Gasteiger charge is 2.11. The number of amides is 1. The molecule has 0 saturated heterocycles. The van der Waals surface area contributed by atoms with E-state index in [0.717, 1.165) is 9.92 Å². The zero-order valence-electron chi connectivity index (χ0n) is 11.1. The molecule has 4 nitrogen and oxygen atoms in total. The van der Waals surface area contributed by atoms with Gasteiger partial charge in [-0.25, -0.2) is 4.98 Å². The van der Waals surface area contributed by atoms with Crippen molar-refractivity contribution >= 4 is 35.0 Å². The van der Waals surface area contributed by atoms with Crippen LogP contribution in [0, 0.1) is 0 Å². The number of carbonyl (C=O) groups is 1. The number of carbonyl (C=O) groups excluding carboxylic acids is 1. The third-order valence-corrected chi connectivity index (χ3v) is 3.83. The van der Waals surface area contributed by atoms with Crippen LogP contribution in [-0.4, -0.2) is 29.9 Å². The summed E-state index contributed by atoms with van der Waals surface area (Å²) in [5.74, 6) is -0.0593. The molecule has 1 aromatic carbocycles. The molecule has 0 aliphatic carbocycles. The molecule has 2 N–H and O–H groups in total. The van der Waals surface area contributed by atoms with Crippen molar-refractivity contribution < 1.29 is 4.79 Å². The van der Waals surface area contributed by atoms with Gasteiger partial charge in [0, 0.05) is 36.4 Å². The molecule has 2 rings (SSSR count). The predicted molar refractivity (Wildman–Crippen MR) is 82.2 cm³/mol. The standard InChI is InChI=1S/C14H14ClN3OS/c1-18(2)14(19)9-3-5-11(16)12(7-9)20-13-6-4-10(15)8-17-13/h3-8H,16H2,1-2H3. The summed E-state index contributed by atoms with van der Waals surface area (Å²) in [7, 11) is 3.43. The molecular weight excluding hydrogens is 294 g/mol. The highest BCUT2D eigenvalue weighted by Crippen LogP contribution is 2.32. The summed E-state index contributed by atoms with van der Waals surface area (Å²) >= 11 is 7.20. The van der Waals surface area contributed by atoms with Gasteiger partial charge in [-0.3, -0.25) is 4.79 Å². The zero-order valence-corrected chi connectivity index (χ0v) is 12.7. The predicted octanol–water partition coefficient (Wildman–Crippen LogP) is 3.17. The number of hydrogen-bond donors (Lipinski definition) is 1. The third kappa shape index (κ3) is 3.43. The largest absolute Gasteiger partial charge is 0.398 e. The monoisotopic (exact) mass is 307 g/mol. The Bertz CT molecular complexity index is 629. The van der Waals surface area contributed by atoms with Crippen LogP contribution < -0.4 is 5.73 Å². The summed E-state index contributed by atoms with van der Waals surface area (Å²) < 4.78 is 0. The summed E-state index contributed by atoms with van der Waals surface area (Å²) in [5.41, 5.74) is 7.15. The van der Waals surface area contributed by atoms with Crippen molar-refractivity contribution in [2.24, 2.45) is 0 Å². The number of aromatic nitrogens is 1. The van der Waals surface area contributed by atoms with Gasteiger partial charge < -0.3 is 10.6 Å². The van der Waals surface area contributed by atoms with Gasteiger partial charge in [0.1, 0.15) is 5.03 Å². The van der Waals surface area contributed by atoms with E-state index in [9.17, 15) is 4.79 Å². The van der Waals surface area contributed by atoms with E-state index < -0.39 is 0 Å². The first-order valence-electron chi connectivity index (χ1n) is 5.88. The Morgan fingerprint density at radius 2 is 2.05 bits per heavy atom. The second-order valence-electron chi connectivity index (χ2n) is 4.37. The highest BCUT2D eigenvalue weighted by atomic mass is 35.5. The molecule has 1 amide bonds. The van der Waals surface area contributed by atoms with Gasteiger partial charge in [-0.15, -0.1) is 0 Å². The minimum absolute atomic E-state index is 0.0593. The van der Waals surface area contributed by atoms with Crippen LogP contribution >= 0.6 is 23.4 Å². The smallest absolute Gasteiger partial charge is 0.253 e. The topological polar surface area (TPSA) is 59.2 Å². The molecule has 1 aromatic heterocycles. The van der Waals surface area contributed by atoms with Crippen molar-refractivity contribution in [3.8, 4) is 0 Å². The lowest BCUT2D eigenvalue weighted by molar-refractivity contribution is 0.0827. The van der Waals surface area contributed by atoms with Crippen LogP contribution in [0.3, 0.4) is 0 Å². The van der Waals surface area contributed by atoms with Gasteiger partial charge in [-0.05, 0) is 30.3 Å². The van der Waals surface area contributed by atoms with Crippen molar-refractivity contribution in [3.63, 3.8) is 0 Å². The quantitative estimate of drug-likeness (QED) is 0.885. The molecule has 0 aliphatic heterocycles. The van der Waals surface area contributed by atoms with Gasteiger partial charge in [0.05, 0.1) is 5.02 Å². The fourth-order valence-corrected chi connectivity index (χ4v) is 2.50. The maximum atomic E-state index is 11.9. The van der Waals surface area contributed by atoms with E-state index in [2.05, 4.69) is 4.98 Å². The van der Waals surface area contributed by atoms with E-state index >= 15 is 0 Å². The van der Waals surface area contributed by atoms with Crippen LogP contribution in [0.15, 0.2) is 46.5 Å². The molecule has 0 radical (unpaired) electrons. The number of anilines is 1. The van der Waals surface area contributed by atoms with Crippen LogP contribution in [0.25, 0.3) is 0 Å². The summed E-state index contributed by atoms with van der Waals surface area (Å²) in [6.07, 6.45) is 1.58. The lowest BCUT2D eigenvalue weighted by atomic mass is 10.2. The number of hydrogen-bond acceptors (Lipinski definition) is 4. The Balaban J connectivity index is 2.29. The van der Waals surface area contributed by atoms with Gasteiger partial charge in [-0.1, -0.05) is 23.4 Å². The van der Waals surface area contributed by atoms with Crippen molar-refractivity contribution in [2.45, 2.75) is 9.92 Å². The molecule has 0 saturated carbocycles. The molecule has 20 heavy (non-hydrogen) atoms. The Kier molecular flexibility index (Phi) is 4.52. The molecule has 0 spiro atoms. The van der Waals surface area contributed by atoms with Gasteiger partial charge in [0.25, 0.3) is 5.91 Å². The van der Waals surface area contributed by atoms with Gasteiger partial charge in [-0.2, -0.15) is 0 Å². The summed E-state index contributed by atoms with van der Waals surface area (Å²) in [6, 6.07) is 8.80. The lowest BCUT2D eigenvalue weighted by Gasteiger charge is -2.12. The first-order chi connectivity index (χ1) is 9.47. The minimum atomic E-state index is -0.0593. The van der Waals surface area contributed by atoms with E-state index in [1.807, 2.05) is 6.07 Å². The molecule has 0 fully saturated rings. The zero-order chi connectivity index (χ0) is 14.7. The van der Waals surface area contributed by atoms with Gasteiger partial charge in [0.15, 0.2) is 0 Å². The first-order valence-corrected chi connectivity index (χ1v) is 7.07. The average Bonchev–Trinajstić information content (AvgIpc) is 2.43. The molecule has 1 heterocycles. The Hall–Kier alpha value is -1.72. The number of rotatable bonds is 3. The van der Waals surface area contributed by atoms with Crippen molar-refractivity contribution in [3.05, 3.63) is 47.1 Å². The van der Waals surface area contributed by atoms with Crippen molar-refractivity contribution in [1.29, 1.82) is 0 Å². The van der Waals surface area contributed by atoms with Crippen LogP contribution in [0.1, 0.15) is 10.4 Å². The number of nitrogen functional groups attached to an aromatic ring is 1. The van der Waals surface area contributed by atoms with E-state index in [4.69, 9.17) is 17.3 Å². The fourth-order valence-electron chi connectivity index (χ4n) is 1.55. The highest BCUT2D eigenvalue weighted by molar-refractivity contribution is 7.99. The van der Waals surface area contributed by atoms with Crippen LogP contribution in [-0.2, 0) is 0 Å².